The van der Waals surface area contributed by atoms with E-state index in [0.717, 1.165) is 38.0 Å². The summed E-state index contributed by atoms with van der Waals surface area (Å²) in [4.78, 5) is 17.9. The van der Waals surface area contributed by atoms with E-state index in [1.54, 1.807) is 31.9 Å². The number of hydrogen-bond donors (Lipinski definition) is 0. The van der Waals surface area contributed by atoms with Crippen LogP contribution in [0.4, 0.5) is 0 Å². The van der Waals surface area contributed by atoms with E-state index in [0.29, 0.717) is 19.0 Å². The highest BCUT2D eigenvalue weighted by molar-refractivity contribution is 7.99. The van der Waals surface area contributed by atoms with Crippen LogP contribution in [0.5, 0.6) is 0 Å². The maximum atomic E-state index is 5.33. The van der Waals surface area contributed by atoms with Crippen LogP contribution in [-0.4, -0.2) is 48.4 Å². The van der Waals surface area contributed by atoms with Gasteiger partial charge in [-0.25, -0.2) is 9.97 Å². The summed E-state index contributed by atoms with van der Waals surface area (Å²) in [5.41, 5.74) is 2.67. The standard InChI is InChI=1S/C23H19N7OS/c1-31-14-13-30-21(16-8-11-24-12-9-16)28-29-23(30)32-22-18-6-2-3-7-19(18)26-20(27-22)17-5-4-10-25-15-17/h2-12,15H,13-14H2,1H3. The van der Waals surface area contributed by atoms with Crippen LogP contribution in [0.2, 0.25) is 0 Å². The van der Waals surface area contributed by atoms with Gasteiger partial charge in [0.2, 0.25) is 0 Å². The van der Waals surface area contributed by atoms with E-state index in [1.165, 1.54) is 11.8 Å². The van der Waals surface area contributed by atoms with Gasteiger partial charge in [-0.2, -0.15) is 0 Å². The first kappa shape index (κ1) is 20.2. The fraction of sp³-hybridized carbons (Fsp3) is 0.130. The smallest absolute Gasteiger partial charge is 0.197 e. The predicted molar refractivity (Wildman–Crippen MR) is 122 cm³/mol. The molecule has 1 aromatic carbocycles. The molecule has 0 aliphatic carbocycles. The average Bonchev–Trinajstić information content (AvgIpc) is 3.26. The van der Waals surface area contributed by atoms with Gasteiger partial charge in [-0.1, -0.05) is 18.2 Å². The maximum Gasteiger partial charge on any atom is 0.197 e. The first-order valence-corrected chi connectivity index (χ1v) is 10.8. The van der Waals surface area contributed by atoms with Crippen molar-refractivity contribution in [3.63, 3.8) is 0 Å². The number of rotatable bonds is 7. The maximum absolute atomic E-state index is 5.33. The molecule has 0 bridgehead atoms. The van der Waals surface area contributed by atoms with E-state index in [4.69, 9.17) is 14.7 Å². The topological polar surface area (TPSA) is 91.5 Å². The minimum absolute atomic E-state index is 0.537. The first-order chi connectivity index (χ1) is 15.8. The molecule has 0 unspecified atom stereocenters. The van der Waals surface area contributed by atoms with Gasteiger partial charge in [0, 0.05) is 48.4 Å². The number of para-hydroxylation sites is 1. The van der Waals surface area contributed by atoms with E-state index in [2.05, 4.69) is 20.2 Å². The normalized spacial score (nSPS) is 11.2. The minimum Gasteiger partial charge on any atom is -0.383 e. The Morgan fingerprint density at radius 2 is 1.75 bits per heavy atom. The number of pyridine rings is 2. The Balaban J connectivity index is 1.61. The Bertz CT molecular complexity index is 1340. The summed E-state index contributed by atoms with van der Waals surface area (Å²) in [6.45, 7) is 1.15. The monoisotopic (exact) mass is 441 g/mol. The van der Waals surface area contributed by atoms with Gasteiger partial charge in [-0.05, 0) is 42.1 Å². The Hall–Kier alpha value is -3.69. The summed E-state index contributed by atoms with van der Waals surface area (Å²) in [6, 6.07) is 15.6. The van der Waals surface area contributed by atoms with Gasteiger partial charge < -0.3 is 4.74 Å². The predicted octanol–water partition coefficient (Wildman–Crippen LogP) is 4.14. The van der Waals surface area contributed by atoms with Crippen LogP contribution in [0.1, 0.15) is 0 Å². The molecule has 0 fully saturated rings. The Morgan fingerprint density at radius 3 is 2.56 bits per heavy atom. The van der Waals surface area contributed by atoms with Crippen LogP contribution in [-0.2, 0) is 11.3 Å². The summed E-state index contributed by atoms with van der Waals surface area (Å²) in [6.07, 6.45) is 6.99. The van der Waals surface area contributed by atoms with Crippen LogP contribution in [0, 0.1) is 0 Å². The molecule has 0 spiro atoms. The molecule has 0 atom stereocenters. The van der Waals surface area contributed by atoms with Crippen LogP contribution in [0.3, 0.4) is 0 Å². The minimum atomic E-state index is 0.537. The zero-order chi connectivity index (χ0) is 21.8. The quantitative estimate of drug-likeness (QED) is 0.348. The number of ether oxygens (including phenoxy) is 1. The van der Waals surface area contributed by atoms with Gasteiger partial charge >= 0.3 is 0 Å². The van der Waals surface area contributed by atoms with Gasteiger partial charge in [0.1, 0.15) is 5.03 Å². The number of fused-ring (bicyclic) bond motifs is 1. The van der Waals surface area contributed by atoms with Crippen molar-refractivity contribution in [2.24, 2.45) is 0 Å². The second-order valence-corrected chi connectivity index (χ2v) is 7.86. The number of aromatic nitrogens is 7. The van der Waals surface area contributed by atoms with Crippen molar-refractivity contribution in [3.8, 4) is 22.8 Å². The molecule has 5 rings (SSSR count). The Kier molecular flexibility index (Phi) is 5.82. The summed E-state index contributed by atoms with van der Waals surface area (Å²) in [5.74, 6) is 1.38. The zero-order valence-corrected chi connectivity index (χ0v) is 18.1. The van der Waals surface area contributed by atoms with Crippen molar-refractivity contribution < 1.29 is 4.74 Å². The SMILES string of the molecule is COCCn1c(Sc2nc(-c3cccnc3)nc3ccccc23)nnc1-c1ccncc1. The van der Waals surface area contributed by atoms with E-state index in [1.807, 2.05) is 53.1 Å². The van der Waals surface area contributed by atoms with Crippen molar-refractivity contribution in [1.29, 1.82) is 0 Å². The van der Waals surface area contributed by atoms with E-state index in [-0.39, 0.29) is 0 Å². The fourth-order valence-corrected chi connectivity index (χ4v) is 4.26. The number of benzene rings is 1. The molecule has 4 heterocycles. The number of methoxy groups -OCH3 is 1. The molecule has 5 aromatic rings. The Morgan fingerprint density at radius 1 is 0.875 bits per heavy atom. The molecule has 158 valence electrons. The van der Waals surface area contributed by atoms with Crippen LogP contribution in [0.15, 0.2) is 83.5 Å². The Labute approximate surface area is 188 Å². The number of nitrogens with zero attached hydrogens (tertiary/aromatic N) is 7. The molecule has 4 aromatic heterocycles. The molecule has 0 aliphatic heterocycles. The molecule has 0 saturated carbocycles. The summed E-state index contributed by atoms with van der Waals surface area (Å²) in [7, 11) is 1.68. The summed E-state index contributed by atoms with van der Waals surface area (Å²) >= 11 is 1.47. The highest BCUT2D eigenvalue weighted by Gasteiger charge is 2.18. The summed E-state index contributed by atoms with van der Waals surface area (Å²) < 4.78 is 7.37. The largest absolute Gasteiger partial charge is 0.383 e. The third-order valence-electron chi connectivity index (χ3n) is 4.85. The van der Waals surface area contributed by atoms with Gasteiger partial charge in [0.25, 0.3) is 0 Å². The fourth-order valence-electron chi connectivity index (χ4n) is 3.30. The third-order valence-corrected chi connectivity index (χ3v) is 5.84. The lowest BCUT2D eigenvalue weighted by Gasteiger charge is -2.11. The highest BCUT2D eigenvalue weighted by Crippen LogP contribution is 2.34. The molecule has 0 N–H and O–H groups in total. The van der Waals surface area contributed by atoms with Crippen molar-refractivity contribution in [2.75, 3.05) is 13.7 Å². The third kappa shape index (κ3) is 4.08. The lowest BCUT2D eigenvalue weighted by Crippen LogP contribution is -2.07. The van der Waals surface area contributed by atoms with Gasteiger partial charge in [0.15, 0.2) is 16.8 Å². The van der Waals surface area contributed by atoms with E-state index < -0.39 is 0 Å². The van der Waals surface area contributed by atoms with Crippen molar-refractivity contribution in [2.45, 2.75) is 16.7 Å². The first-order valence-electron chi connectivity index (χ1n) is 10.0. The number of hydrogen-bond acceptors (Lipinski definition) is 8. The van der Waals surface area contributed by atoms with Crippen LogP contribution in [0.25, 0.3) is 33.7 Å². The molecule has 0 aliphatic rings. The van der Waals surface area contributed by atoms with Crippen molar-refractivity contribution >= 4 is 22.7 Å². The van der Waals surface area contributed by atoms with Crippen molar-refractivity contribution in [3.05, 3.63) is 73.3 Å². The molecule has 32 heavy (non-hydrogen) atoms. The molecule has 8 nitrogen and oxygen atoms in total. The highest BCUT2D eigenvalue weighted by atomic mass is 32.2. The lowest BCUT2D eigenvalue weighted by atomic mass is 10.2. The zero-order valence-electron chi connectivity index (χ0n) is 17.3. The van der Waals surface area contributed by atoms with Crippen LogP contribution < -0.4 is 0 Å². The second kappa shape index (κ2) is 9.21. The summed E-state index contributed by atoms with van der Waals surface area (Å²) in [5, 5.41) is 11.4. The molecular formula is C23H19N7OS. The molecule has 0 saturated heterocycles. The molecular weight excluding hydrogens is 422 g/mol. The molecule has 9 heteroatoms. The van der Waals surface area contributed by atoms with Gasteiger partial charge in [-0.3, -0.25) is 14.5 Å². The van der Waals surface area contributed by atoms with Gasteiger partial charge in [0.05, 0.1) is 18.7 Å². The van der Waals surface area contributed by atoms with Crippen molar-refractivity contribution in [1.82, 2.24) is 34.7 Å². The molecule has 0 radical (unpaired) electrons. The molecule has 0 amide bonds. The van der Waals surface area contributed by atoms with Gasteiger partial charge in [-0.15, -0.1) is 10.2 Å². The lowest BCUT2D eigenvalue weighted by molar-refractivity contribution is 0.185. The van der Waals surface area contributed by atoms with E-state index >= 15 is 0 Å². The second-order valence-electron chi connectivity index (χ2n) is 6.90. The van der Waals surface area contributed by atoms with E-state index in [9.17, 15) is 0 Å². The average molecular weight is 442 g/mol. The van der Waals surface area contributed by atoms with Crippen LogP contribution >= 0.6 is 11.8 Å².